The minimum absolute atomic E-state index is 0.0417. The Kier molecular flexibility index (Phi) is 7.79. The molecular weight excluding hydrogens is 396 g/mol. The van der Waals surface area contributed by atoms with Crippen molar-refractivity contribution in [2.75, 3.05) is 26.5 Å². The smallest absolute Gasteiger partial charge is 0.341 e. The molecule has 154 valence electrons. The van der Waals surface area contributed by atoms with Gasteiger partial charge in [-0.3, -0.25) is 4.79 Å². The number of nitrogen functional groups attached to an aromatic ring is 1. The third-order valence-electron chi connectivity index (χ3n) is 3.81. The van der Waals surface area contributed by atoms with E-state index in [1.165, 1.54) is 13.1 Å². The number of amides is 1. The Morgan fingerprint density at radius 3 is 2.66 bits per heavy atom. The normalized spacial score (nSPS) is 10.6. The lowest BCUT2D eigenvalue weighted by atomic mass is 10.1. The highest BCUT2D eigenvalue weighted by Crippen LogP contribution is 2.32. The molecule has 0 radical (unpaired) electrons. The molecule has 1 amide bonds. The fourth-order valence-corrected chi connectivity index (χ4v) is 3.45. The molecule has 0 saturated heterocycles. The van der Waals surface area contributed by atoms with Gasteiger partial charge in [0.25, 0.3) is 5.91 Å². The summed E-state index contributed by atoms with van der Waals surface area (Å²) in [5.41, 5.74) is 6.91. The van der Waals surface area contributed by atoms with Gasteiger partial charge >= 0.3 is 11.9 Å². The van der Waals surface area contributed by atoms with Gasteiger partial charge in [-0.05, 0) is 30.7 Å². The molecule has 1 aromatic heterocycles. The first-order valence-corrected chi connectivity index (χ1v) is 9.52. The summed E-state index contributed by atoms with van der Waals surface area (Å²) in [6, 6.07) is 7.13. The van der Waals surface area contributed by atoms with Crippen LogP contribution in [0.25, 0.3) is 6.08 Å². The van der Waals surface area contributed by atoms with Crippen LogP contribution < -0.4 is 15.8 Å². The standard InChI is InChI=1S/C20H22N2O6S/c1-4-27-20(25)16-14(17(19(24)22-2)29-18(16)21)11-28-15(23)9-8-12-6-5-7-13(10-12)26-3/h5-10H,4,11,21H2,1-3H3,(H,22,24)/b9-8+. The molecule has 2 aromatic rings. The van der Waals surface area contributed by atoms with Gasteiger partial charge in [0.15, 0.2) is 0 Å². The van der Waals surface area contributed by atoms with E-state index in [0.717, 1.165) is 16.9 Å². The quantitative estimate of drug-likeness (QED) is 0.500. The molecule has 0 aliphatic rings. The van der Waals surface area contributed by atoms with Crippen molar-refractivity contribution < 1.29 is 28.6 Å². The predicted molar refractivity (Wildman–Crippen MR) is 110 cm³/mol. The molecule has 1 aromatic carbocycles. The SMILES string of the molecule is CCOC(=O)c1c(N)sc(C(=O)NC)c1COC(=O)/C=C/c1cccc(OC)c1. The van der Waals surface area contributed by atoms with Crippen LogP contribution in [-0.2, 0) is 20.9 Å². The van der Waals surface area contributed by atoms with E-state index in [2.05, 4.69) is 5.32 Å². The topological polar surface area (TPSA) is 117 Å². The molecule has 0 spiro atoms. The number of benzene rings is 1. The zero-order chi connectivity index (χ0) is 21.4. The maximum absolute atomic E-state index is 12.2. The van der Waals surface area contributed by atoms with Crippen LogP contribution >= 0.6 is 11.3 Å². The molecule has 9 heteroatoms. The van der Waals surface area contributed by atoms with Gasteiger partial charge in [0.2, 0.25) is 0 Å². The molecular formula is C20H22N2O6S. The number of anilines is 1. The molecule has 1 heterocycles. The van der Waals surface area contributed by atoms with Crippen LogP contribution in [0.15, 0.2) is 30.3 Å². The van der Waals surface area contributed by atoms with Crippen LogP contribution in [0.2, 0.25) is 0 Å². The van der Waals surface area contributed by atoms with Gasteiger partial charge in [-0.25, -0.2) is 9.59 Å². The van der Waals surface area contributed by atoms with E-state index in [-0.39, 0.29) is 34.2 Å². The second-order valence-electron chi connectivity index (χ2n) is 5.67. The van der Waals surface area contributed by atoms with Crippen molar-refractivity contribution in [3.05, 3.63) is 51.9 Å². The summed E-state index contributed by atoms with van der Waals surface area (Å²) >= 11 is 0.936. The third kappa shape index (κ3) is 5.58. The number of carbonyl (C=O) groups is 3. The maximum atomic E-state index is 12.2. The summed E-state index contributed by atoms with van der Waals surface area (Å²) in [6.07, 6.45) is 2.81. The molecule has 0 aliphatic heterocycles. The Balaban J connectivity index is 2.19. The number of methoxy groups -OCH3 is 1. The van der Waals surface area contributed by atoms with E-state index in [9.17, 15) is 14.4 Å². The van der Waals surface area contributed by atoms with Gasteiger partial charge < -0.3 is 25.3 Å². The summed E-state index contributed by atoms with van der Waals surface area (Å²) in [4.78, 5) is 36.7. The second kappa shape index (κ2) is 10.3. The fraction of sp³-hybridized carbons (Fsp3) is 0.250. The van der Waals surface area contributed by atoms with Gasteiger partial charge in [0, 0.05) is 18.7 Å². The molecule has 0 bridgehead atoms. The number of nitrogens with one attached hydrogen (secondary N) is 1. The van der Waals surface area contributed by atoms with Crippen LogP contribution in [0.1, 0.15) is 38.1 Å². The summed E-state index contributed by atoms with van der Waals surface area (Å²) < 4.78 is 15.4. The van der Waals surface area contributed by atoms with Crippen molar-refractivity contribution in [1.29, 1.82) is 0 Å². The minimum atomic E-state index is -0.672. The molecule has 0 unspecified atom stereocenters. The lowest BCUT2D eigenvalue weighted by Crippen LogP contribution is -2.19. The van der Waals surface area contributed by atoms with E-state index in [4.69, 9.17) is 19.9 Å². The average molecular weight is 418 g/mol. The lowest BCUT2D eigenvalue weighted by molar-refractivity contribution is -0.138. The number of thiophene rings is 1. The zero-order valence-electron chi connectivity index (χ0n) is 16.3. The second-order valence-corrected chi connectivity index (χ2v) is 6.72. The van der Waals surface area contributed by atoms with Crippen molar-refractivity contribution in [2.45, 2.75) is 13.5 Å². The highest BCUT2D eigenvalue weighted by Gasteiger charge is 2.27. The van der Waals surface area contributed by atoms with Gasteiger partial charge in [-0.15, -0.1) is 11.3 Å². The molecule has 29 heavy (non-hydrogen) atoms. The maximum Gasteiger partial charge on any atom is 0.341 e. The lowest BCUT2D eigenvalue weighted by Gasteiger charge is -2.07. The van der Waals surface area contributed by atoms with Gasteiger partial charge in [0.05, 0.1) is 13.7 Å². The number of ether oxygens (including phenoxy) is 3. The van der Waals surface area contributed by atoms with Crippen LogP contribution in [-0.4, -0.2) is 38.6 Å². The Labute approximate surface area is 172 Å². The summed E-state index contributed by atoms with van der Waals surface area (Å²) in [5.74, 6) is -1.09. The molecule has 0 fully saturated rings. The first kappa shape index (κ1) is 22.0. The van der Waals surface area contributed by atoms with Crippen LogP contribution in [0.3, 0.4) is 0 Å². The summed E-state index contributed by atoms with van der Waals surface area (Å²) in [5, 5.41) is 2.60. The number of hydrogen-bond donors (Lipinski definition) is 2. The first-order chi connectivity index (χ1) is 13.9. The molecule has 2 rings (SSSR count). The number of esters is 2. The average Bonchev–Trinajstić information content (AvgIpc) is 3.06. The largest absolute Gasteiger partial charge is 0.497 e. The molecule has 3 N–H and O–H groups in total. The number of nitrogens with two attached hydrogens (primary N) is 1. The molecule has 0 aliphatic carbocycles. The van der Waals surface area contributed by atoms with Crippen molar-refractivity contribution in [1.82, 2.24) is 5.32 Å². The molecule has 8 nitrogen and oxygen atoms in total. The van der Waals surface area contributed by atoms with Gasteiger partial charge in [-0.2, -0.15) is 0 Å². The van der Waals surface area contributed by atoms with Crippen LogP contribution in [0.5, 0.6) is 5.75 Å². The van der Waals surface area contributed by atoms with E-state index < -0.39 is 17.8 Å². The summed E-state index contributed by atoms with van der Waals surface area (Å²) in [6.45, 7) is 1.50. The van der Waals surface area contributed by atoms with Crippen LogP contribution in [0.4, 0.5) is 5.00 Å². The van der Waals surface area contributed by atoms with Crippen molar-refractivity contribution in [3.8, 4) is 5.75 Å². The molecule has 0 atom stereocenters. The van der Waals surface area contributed by atoms with Crippen molar-refractivity contribution in [2.24, 2.45) is 0 Å². The fourth-order valence-electron chi connectivity index (χ4n) is 2.45. The Hall–Kier alpha value is -3.33. The Morgan fingerprint density at radius 1 is 1.24 bits per heavy atom. The Morgan fingerprint density at radius 2 is 2.00 bits per heavy atom. The Bertz CT molecular complexity index is 935. The number of hydrogen-bond acceptors (Lipinski definition) is 8. The monoisotopic (exact) mass is 418 g/mol. The number of carbonyl (C=O) groups excluding carboxylic acids is 3. The van der Waals surface area contributed by atoms with E-state index in [1.807, 2.05) is 0 Å². The zero-order valence-corrected chi connectivity index (χ0v) is 17.1. The first-order valence-electron chi connectivity index (χ1n) is 8.70. The van der Waals surface area contributed by atoms with Crippen LogP contribution in [0, 0.1) is 0 Å². The highest BCUT2D eigenvalue weighted by atomic mass is 32.1. The number of rotatable bonds is 8. The van der Waals surface area contributed by atoms with Crippen molar-refractivity contribution in [3.63, 3.8) is 0 Å². The third-order valence-corrected chi connectivity index (χ3v) is 4.87. The van der Waals surface area contributed by atoms with E-state index in [0.29, 0.717) is 5.75 Å². The highest BCUT2D eigenvalue weighted by molar-refractivity contribution is 7.18. The summed E-state index contributed by atoms with van der Waals surface area (Å²) in [7, 11) is 3.00. The van der Waals surface area contributed by atoms with Crippen molar-refractivity contribution >= 4 is 40.3 Å². The van der Waals surface area contributed by atoms with Gasteiger partial charge in [0.1, 0.15) is 27.8 Å². The van der Waals surface area contributed by atoms with E-state index in [1.54, 1.807) is 44.4 Å². The minimum Gasteiger partial charge on any atom is -0.497 e. The van der Waals surface area contributed by atoms with E-state index >= 15 is 0 Å². The molecule has 0 saturated carbocycles. The predicted octanol–water partition coefficient (Wildman–Crippen LogP) is 2.63. The van der Waals surface area contributed by atoms with Gasteiger partial charge in [-0.1, -0.05) is 12.1 Å².